The van der Waals surface area contributed by atoms with Gasteiger partial charge in [0.15, 0.2) is 0 Å². The first-order valence-electron chi connectivity index (χ1n) is 6.27. The molecule has 0 bridgehead atoms. The maximum Gasteiger partial charge on any atom is 0.0504 e. The van der Waals surface area contributed by atoms with Gasteiger partial charge in [0.1, 0.15) is 0 Å². The summed E-state index contributed by atoms with van der Waals surface area (Å²) in [6, 6.07) is 20.4. The molecular formula is C17H13BrOS. The van der Waals surface area contributed by atoms with E-state index in [0.717, 1.165) is 20.5 Å². The fourth-order valence-corrected chi connectivity index (χ4v) is 3.48. The third-order valence-corrected chi connectivity index (χ3v) is 4.78. The zero-order chi connectivity index (χ0) is 14.1. The second-order valence-electron chi connectivity index (χ2n) is 4.66. The van der Waals surface area contributed by atoms with Gasteiger partial charge in [-0.1, -0.05) is 52.3 Å². The van der Waals surface area contributed by atoms with Crippen LogP contribution in [-0.2, 0) is 10.8 Å². The largest absolute Gasteiger partial charge is 0.255 e. The number of hydrogen-bond donors (Lipinski definition) is 0. The van der Waals surface area contributed by atoms with Crippen molar-refractivity contribution in [1.82, 2.24) is 0 Å². The SMILES string of the molecule is CS(=O)c1ccccc1-c1ccc2cc(Br)ccc2c1. The molecule has 0 spiro atoms. The van der Waals surface area contributed by atoms with Gasteiger partial charge >= 0.3 is 0 Å². The minimum Gasteiger partial charge on any atom is -0.255 e. The molecule has 0 amide bonds. The molecule has 0 aromatic heterocycles. The van der Waals surface area contributed by atoms with Gasteiger partial charge in [0, 0.05) is 15.6 Å². The summed E-state index contributed by atoms with van der Waals surface area (Å²) in [5.41, 5.74) is 2.14. The highest BCUT2D eigenvalue weighted by Gasteiger charge is 2.08. The van der Waals surface area contributed by atoms with Crippen molar-refractivity contribution in [2.45, 2.75) is 4.90 Å². The summed E-state index contributed by atoms with van der Waals surface area (Å²) in [5.74, 6) is 0. The Morgan fingerprint density at radius 1 is 0.900 bits per heavy atom. The monoisotopic (exact) mass is 344 g/mol. The second kappa shape index (κ2) is 5.51. The average Bonchev–Trinajstić information content (AvgIpc) is 2.46. The number of rotatable bonds is 2. The average molecular weight is 345 g/mol. The summed E-state index contributed by atoms with van der Waals surface area (Å²) in [5, 5.41) is 2.38. The van der Waals surface area contributed by atoms with Gasteiger partial charge in [0.2, 0.25) is 0 Å². The van der Waals surface area contributed by atoms with E-state index in [1.165, 1.54) is 10.8 Å². The molecule has 3 heteroatoms. The lowest BCUT2D eigenvalue weighted by Gasteiger charge is -2.08. The standard InChI is InChI=1S/C17H13BrOS/c1-20(19)17-5-3-2-4-16(17)14-7-6-13-11-15(18)9-8-12(13)10-14/h2-11H,1H3. The van der Waals surface area contributed by atoms with Crippen molar-refractivity contribution in [2.24, 2.45) is 0 Å². The summed E-state index contributed by atoms with van der Waals surface area (Å²) in [7, 11) is -0.986. The van der Waals surface area contributed by atoms with Crippen LogP contribution in [0.2, 0.25) is 0 Å². The smallest absolute Gasteiger partial charge is 0.0504 e. The Morgan fingerprint density at radius 2 is 1.60 bits per heavy atom. The minimum atomic E-state index is -0.986. The number of halogens is 1. The highest BCUT2D eigenvalue weighted by atomic mass is 79.9. The molecule has 3 aromatic carbocycles. The first-order chi connectivity index (χ1) is 9.65. The third kappa shape index (κ3) is 2.56. The van der Waals surface area contributed by atoms with Crippen LogP contribution in [0.15, 0.2) is 70.0 Å². The summed E-state index contributed by atoms with van der Waals surface area (Å²) in [6.45, 7) is 0. The van der Waals surface area contributed by atoms with Crippen molar-refractivity contribution < 1.29 is 4.21 Å². The Balaban J connectivity index is 2.20. The lowest BCUT2D eigenvalue weighted by atomic mass is 10.0. The highest BCUT2D eigenvalue weighted by molar-refractivity contribution is 9.10. The van der Waals surface area contributed by atoms with E-state index in [1.54, 1.807) is 6.26 Å². The quantitative estimate of drug-likeness (QED) is 0.638. The minimum absolute atomic E-state index is 0.879. The van der Waals surface area contributed by atoms with Gasteiger partial charge in [0.05, 0.1) is 10.8 Å². The third-order valence-electron chi connectivity index (χ3n) is 3.31. The predicted molar refractivity (Wildman–Crippen MR) is 89.4 cm³/mol. The Labute approximate surface area is 129 Å². The topological polar surface area (TPSA) is 17.1 Å². The van der Waals surface area contributed by atoms with Crippen LogP contribution in [0.1, 0.15) is 0 Å². The van der Waals surface area contributed by atoms with Crippen molar-refractivity contribution in [3.63, 3.8) is 0 Å². The molecule has 1 unspecified atom stereocenters. The van der Waals surface area contributed by atoms with Crippen LogP contribution in [0.25, 0.3) is 21.9 Å². The first kappa shape index (κ1) is 13.5. The fraction of sp³-hybridized carbons (Fsp3) is 0.0588. The predicted octanol–water partition coefficient (Wildman–Crippen LogP) is 5.01. The van der Waals surface area contributed by atoms with E-state index in [-0.39, 0.29) is 0 Å². The van der Waals surface area contributed by atoms with E-state index >= 15 is 0 Å². The van der Waals surface area contributed by atoms with Gasteiger partial charge in [-0.3, -0.25) is 4.21 Å². The molecule has 0 aliphatic rings. The van der Waals surface area contributed by atoms with Crippen molar-refractivity contribution in [3.8, 4) is 11.1 Å². The van der Waals surface area contributed by atoms with Gasteiger partial charge in [-0.05, 0) is 46.2 Å². The summed E-state index contributed by atoms with van der Waals surface area (Å²) < 4.78 is 12.9. The van der Waals surface area contributed by atoms with Crippen molar-refractivity contribution in [3.05, 3.63) is 65.1 Å². The molecule has 1 nitrogen and oxygen atoms in total. The number of benzene rings is 3. The first-order valence-corrected chi connectivity index (χ1v) is 8.62. The summed E-state index contributed by atoms with van der Waals surface area (Å²) in [6.07, 6.45) is 1.72. The zero-order valence-corrected chi connectivity index (χ0v) is 13.4. The van der Waals surface area contributed by atoms with Crippen LogP contribution in [0.3, 0.4) is 0 Å². The molecule has 0 aliphatic heterocycles. The fourth-order valence-electron chi connectivity index (χ4n) is 2.34. The van der Waals surface area contributed by atoms with Gasteiger partial charge in [-0.2, -0.15) is 0 Å². The Hall–Kier alpha value is -1.45. The van der Waals surface area contributed by atoms with Crippen LogP contribution in [-0.4, -0.2) is 10.5 Å². The lowest BCUT2D eigenvalue weighted by molar-refractivity contribution is 0.687. The van der Waals surface area contributed by atoms with E-state index in [4.69, 9.17) is 0 Å². The molecule has 0 N–H and O–H groups in total. The number of fused-ring (bicyclic) bond motifs is 1. The van der Waals surface area contributed by atoms with Gasteiger partial charge < -0.3 is 0 Å². The van der Waals surface area contributed by atoms with E-state index in [0.29, 0.717) is 0 Å². The maximum atomic E-state index is 11.9. The highest BCUT2D eigenvalue weighted by Crippen LogP contribution is 2.29. The van der Waals surface area contributed by atoms with Crippen molar-refractivity contribution in [1.29, 1.82) is 0 Å². The Kier molecular flexibility index (Phi) is 3.72. The normalized spacial score (nSPS) is 12.5. The number of hydrogen-bond acceptors (Lipinski definition) is 1. The molecule has 0 aliphatic carbocycles. The molecule has 3 aromatic rings. The molecule has 0 radical (unpaired) electrons. The van der Waals surface area contributed by atoms with E-state index in [2.05, 4.69) is 46.3 Å². The van der Waals surface area contributed by atoms with Crippen LogP contribution >= 0.6 is 15.9 Å². The van der Waals surface area contributed by atoms with Gasteiger partial charge in [-0.15, -0.1) is 0 Å². The molecule has 100 valence electrons. The van der Waals surface area contributed by atoms with Crippen molar-refractivity contribution in [2.75, 3.05) is 6.26 Å². The lowest BCUT2D eigenvalue weighted by Crippen LogP contribution is -1.91. The maximum absolute atomic E-state index is 11.9. The second-order valence-corrected chi connectivity index (χ2v) is 6.92. The summed E-state index contributed by atoms with van der Waals surface area (Å²) >= 11 is 3.49. The van der Waals surface area contributed by atoms with Gasteiger partial charge in [-0.25, -0.2) is 0 Å². The van der Waals surface area contributed by atoms with E-state index in [9.17, 15) is 4.21 Å². The molecule has 0 fully saturated rings. The molecule has 1 atom stereocenters. The Bertz CT molecular complexity index is 811. The van der Waals surface area contributed by atoms with Crippen molar-refractivity contribution >= 4 is 37.5 Å². The zero-order valence-electron chi connectivity index (χ0n) is 11.0. The van der Waals surface area contributed by atoms with Crippen LogP contribution in [0, 0.1) is 0 Å². The van der Waals surface area contributed by atoms with E-state index in [1.807, 2.05) is 30.3 Å². The summed E-state index contributed by atoms with van der Waals surface area (Å²) in [4.78, 5) is 0.879. The molecule has 3 rings (SSSR count). The van der Waals surface area contributed by atoms with E-state index < -0.39 is 10.8 Å². The van der Waals surface area contributed by atoms with Crippen LogP contribution in [0.5, 0.6) is 0 Å². The molecule has 20 heavy (non-hydrogen) atoms. The molecule has 0 saturated carbocycles. The van der Waals surface area contributed by atoms with Gasteiger partial charge in [0.25, 0.3) is 0 Å². The molecule has 0 heterocycles. The van der Waals surface area contributed by atoms with Crippen LogP contribution in [0.4, 0.5) is 0 Å². The van der Waals surface area contributed by atoms with Crippen LogP contribution < -0.4 is 0 Å². The Morgan fingerprint density at radius 3 is 2.40 bits per heavy atom. The molecule has 0 saturated heterocycles. The molecular weight excluding hydrogens is 332 g/mol.